The average molecular weight is 401 g/mol. The summed E-state index contributed by atoms with van der Waals surface area (Å²) in [4.78, 5) is 21.5. The highest BCUT2D eigenvalue weighted by atomic mass is 32.1. The number of anilines is 2. The Morgan fingerprint density at radius 2 is 2.10 bits per heavy atom. The van der Waals surface area contributed by atoms with Gasteiger partial charge in [-0.2, -0.15) is 0 Å². The Hall–Kier alpha value is -3.32. The van der Waals surface area contributed by atoms with Crippen molar-refractivity contribution < 1.29 is 4.79 Å². The van der Waals surface area contributed by atoms with E-state index in [0.29, 0.717) is 11.6 Å². The number of carbonyl (C=O) groups excluding carboxylic acids is 1. The van der Waals surface area contributed by atoms with Crippen molar-refractivity contribution in [3.8, 4) is 11.3 Å². The normalized spacial score (nSPS) is 18.0. The van der Waals surface area contributed by atoms with Crippen molar-refractivity contribution in [3.05, 3.63) is 65.3 Å². The number of nitrogens with zero attached hydrogens (tertiary/aromatic N) is 3. The highest BCUT2D eigenvalue weighted by Crippen LogP contribution is 2.48. The molecule has 7 heteroatoms. The lowest BCUT2D eigenvalue weighted by Gasteiger charge is -2.10. The van der Waals surface area contributed by atoms with Gasteiger partial charge in [0.15, 0.2) is 0 Å². The summed E-state index contributed by atoms with van der Waals surface area (Å²) in [7, 11) is 0. The Labute approximate surface area is 172 Å². The highest BCUT2D eigenvalue weighted by Gasteiger charge is 2.44. The quantitative estimate of drug-likeness (QED) is 0.529. The third kappa shape index (κ3) is 3.34. The number of nitrogens with one attached hydrogen (secondary N) is 1. The van der Waals surface area contributed by atoms with Crippen LogP contribution in [0.2, 0.25) is 0 Å². The lowest BCUT2D eigenvalue weighted by molar-refractivity contribution is -0.117. The minimum Gasteiger partial charge on any atom is -0.383 e. The molecule has 0 radical (unpaired) electrons. The molecular weight excluding hydrogens is 382 g/mol. The molecular formula is C22H19N5OS. The molecule has 3 heterocycles. The fraction of sp³-hybridized carbons (Fsp3) is 0.182. The SMILES string of the molecule is Cc1ccccc1-c1cc2cc(NC(=O)[C@@H]3C[C@H]3c3cnsc3)ncc2c(N)n1. The van der Waals surface area contributed by atoms with Gasteiger partial charge < -0.3 is 11.1 Å². The molecule has 3 aromatic heterocycles. The molecule has 5 rings (SSSR count). The van der Waals surface area contributed by atoms with Gasteiger partial charge in [-0.3, -0.25) is 4.79 Å². The molecule has 0 spiro atoms. The van der Waals surface area contributed by atoms with Crippen LogP contribution in [0, 0.1) is 12.8 Å². The fourth-order valence-electron chi connectivity index (χ4n) is 3.71. The molecule has 1 saturated carbocycles. The van der Waals surface area contributed by atoms with Gasteiger partial charge in [-0.05, 0) is 59.4 Å². The molecule has 1 aromatic carbocycles. The molecule has 0 bridgehead atoms. The standard InChI is InChI=1S/C22H19N5OS/c1-12-4-2-3-5-15(12)19-6-13-7-20(24-10-18(13)21(23)26-19)27-22(28)17-8-16(17)14-9-25-29-11-14/h2-7,9-11,16-17H,8H2,1H3,(H2,23,26)(H,24,27,28)/t16-,17+/m0/s1. The monoisotopic (exact) mass is 401 g/mol. The molecule has 144 valence electrons. The van der Waals surface area contributed by atoms with Gasteiger partial charge in [0.2, 0.25) is 5.91 Å². The summed E-state index contributed by atoms with van der Waals surface area (Å²) in [6.45, 7) is 2.05. The van der Waals surface area contributed by atoms with Crippen LogP contribution in [0.15, 0.2) is 54.2 Å². The van der Waals surface area contributed by atoms with Gasteiger partial charge in [0.25, 0.3) is 0 Å². The number of aromatic nitrogens is 3. The number of amides is 1. The molecule has 2 atom stereocenters. The number of fused-ring (bicyclic) bond motifs is 1. The summed E-state index contributed by atoms with van der Waals surface area (Å²) in [6, 6.07) is 11.9. The molecule has 1 amide bonds. The van der Waals surface area contributed by atoms with E-state index in [1.807, 2.05) is 54.9 Å². The van der Waals surface area contributed by atoms with E-state index in [9.17, 15) is 4.79 Å². The summed E-state index contributed by atoms with van der Waals surface area (Å²) in [5.41, 5.74) is 10.3. The maximum atomic E-state index is 12.6. The molecule has 0 aliphatic heterocycles. The number of nitrogen functional groups attached to an aromatic ring is 1. The number of benzene rings is 1. The maximum Gasteiger partial charge on any atom is 0.229 e. The first-order valence-electron chi connectivity index (χ1n) is 9.42. The van der Waals surface area contributed by atoms with Crippen molar-refractivity contribution in [1.29, 1.82) is 0 Å². The van der Waals surface area contributed by atoms with Crippen molar-refractivity contribution in [2.45, 2.75) is 19.3 Å². The third-order valence-electron chi connectivity index (χ3n) is 5.42. The molecule has 0 saturated heterocycles. The predicted molar refractivity (Wildman–Crippen MR) is 116 cm³/mol. The van der Waals surface area contributed by atoms with Crippen LogP contribution in [0.4, 0.5) is 11.6 Å². The average Bonchev–Trinajstić information content (AvgIpc) is 3.33. The van der Waals surface area contributed by atoms with Crippen molar-refractivity contribution in [1.82, 2.24) is 14.3 Å². The molecule has 1 aliphatic carbocycles. The topological polar surface area (TPSA) is 93.8 Å². The third-order valence-corrected chi connectivity index (χ3v) is 6.03. The number of hydrogen-bond acceptors (Lipinski definition) is 6. The number of hydrogen-bond donors (Lipinski definition) is 2. The number of rotatable bonds is 4. The van der Waals surface area contributed by atoms with Crippen LogP contribution in [0.1, 0.15) is 23.5 Å². The van der Waals surface area contributed by atoms with Gasteiger partial charge in [0, 0.05) is 34.6 Å². The summed E-state index contributed by atoms with van der Waals surface area (Å²) in [6.07, 6.45) is 4.37. The Kier molecular flexibility index (Phi) is 4.24. The van der Waals surface area contributed by atoms with Crippen LogP contribution in [0.5, 0.6) is 0 Å². The van der Waals surface area contributed by atoms with Crippen LogP contribution in [0.25, 0.3) is 22.0 Å². The zero-order valence-electron chi connectivity index (χ0n) is 15.8. The smallest absolute Gasteiger partial charge is 0.229 e. The summed E-state index contributed by atoms with van der Waals surface area (Å²) in [5.74, 6) is 1.20. The largest absolute Gasteiger partial charge is 0.383 e. The van der Waals surface area contributed by atoms with Crippen molar-refractivity contribution in [2.75, 3.05) is 11.1 Å². The first-order valence-corrected chi connectivity index (χ1v) is 10.3. The van der Waals surface area contributed by atoms with Gasteiger partial charge in [-0.1, -0.05) is 24.3 Å². The Balaban J connectivity index is 1.42. The summed E-state index contributed by atoms with van der Waals surface area (Å²) < 4.78 is 4.12. The minimum absolute atomic E-state index is 0.00537. The van der Waals surface area contributed by atoms with Crippen LogP contribution >= 0.6 is 11.5 Å². The van der Waals surface area contributed by atoms with E-state index in [-0.39, 0.29) is 17.7 Å². The van der Waals surface area contributed by atoms with Gasteiger partial charge >= 0.3 is 0 Å². The van der Waals surface area contributed by atoms with E-state index in [0.717, 1.165) is 39.6 Å². The second-order valence-corrected chi connectivity index (χ2v) is 8.05. The predicted octanol–water partition coefficient (Wildman–Crippen LogP) is 4.39. The summed E-state index contributed by atoms with van der Waals surface area (Å²) in [5, 5.41) is 6.63. The minimum atomic E-state index is -0.0195. The van der Waals surface area contributed by atoms with Crippen molar-refractivity contribution >= 4 is 39.8 Å². The Morgan fingerprint density at radius 1 is 1.24 bits per heavy atom. The van der Waals surface area contributed by atoms with Crippen LogP contribution in [-0.2, 0) is 4.79 Å². The van der Waals surface area contributed by atoms with E-state index >= 15 is 0 Å². The lowest BCUT2D eigenvalue weighted by atomic mass is 10.0. The number of carbonyl (C=O) groups is 1. The maximum absolute atomic E-state index is 12.6. The molecule has 6 nitrogen and oxygen atoms in total. The summed E-state index contributed by atoms with van der Waals surface area (Å²) >= 11 is 1.42. The molecule has 1 aliphatic rings. The molecule has 29 heavy (non-hydrogen) atoms. The Morgan fingerprint density at radius 3 is 2.90 bits per heavy atom. The molecule has 3 N–H and O–H groups in total. The van der Waals surface area contributed by atoms with E-state index in [2.05, 4.69) is 19.7 Å². The second kappa shape index (κ2) is 6.93. The zero-order valence-corrected chi connectivity index (χ0v) is 16.6. The Bertz CT molecular complexity index is 1220. The fourth-order valence-corrected chi connectivity index (χ4v) is 4.31. The van der Waals surface area contributed by atoms with Crippen molar-refractivity contribution in [2.24, 2.45) is 5.92 Å². The van der Waals surface area contributed by atoms with Crippen molar-refractivity contribution in [3.63, 3.8) is 0 Å². The second-order valence-electron chi connectivity index (χ2n) is 7.39. The molecule has 4 aromatic rings. The van der Waals surface area contributed by atoms with E-state index in [1.54, 1.807) is 6.20 Å². The zero-order chi connectivity index (χ0) is 20.0. The first kappa shape index (κ1) is 17.8. The van der Waals surface area contributed by atoms with E-state index in [4.69, 9.17) is 5.73 Å². The molecule has 0 unspecified atom stereocenters. The van der Waals surface area contributed by atoms with E-state index in [1.165, 1.54) is 11.5 Å². The van der Waals surface area contributed by atoms with Crippen LogP contribution in [0.3, 0.4) is 0 Å². The number of pyridine rings is 2. The first-order chi connectivity index (χ1) is 14.1. The van der Waals surface area contributed by atoms with Gasteiger partial charge in [-0.25, -0.2) is 14.3 Å². The lowest BCUT2D eigenvalue weighted by Crippen LogP contribution is -2.15. The van der Waals surface area contributed by atoms with Gasteiger partial charge in [0.05, 0.1) is 5.69 Å². The van der Waals surface area contributed by atoms with Gasteiger partial charge in [-0.15, -0.1) is 0 Å². The molecule has 1 fully saturated rings. The van der Waals surface area contributed by atoms with E-state index < -0.39 is 0 Å². The highest BCUT2D eigenvalue weighted by molar-refractivity contribution is 7.03. The van der Waals surface area contributed by atoms with Crippen LogP contribution in [-0.4, -0.2) is 20.2 Å². The van der Waals surface area contributed by atoms with Gasteiger partial charge in [0.1, 0.15) is 11.6 Å². The number of nitrogens with two attached hydrogens (primary N) is 1. The van der Waals surface area contributed by atoms with Crippen LogP contribution < -0.4 is 11.1 Å². The number of aryl methyl sites for hydroxylation is 1.